The highest BCUT2D eigenvalue weighted by molar-refractivity contribution is 7.18. The zero-order valence-electron chi connectivity index (χ0n) is 17.8. The first-order chi connectivity index (χ1) is 15.1. The third-order valence-electron chi connectivity index (χ3n) is 6.41. The fourth-order valence-electron chi connectivity index (χ4n) is 4.63. The van der Waals surface area contributed by atoms with E-state index in [9.17, 15) is 4.79 Å². The molecule has 1 aliphatic heterocycles. The number of fused-ring (bicyclic) bond motifs is 2. The number of para-hydroxylation sites is 1. The Kier molecular flexibility index (Phi) is 4.35. The molecule has 0 bridgehead atoms. The van der Waals surface area contributed by atoms with Gasteiger partial charge in [-0.1, -0.05) is 12.1 Å². The molecule has 0 spiro atoms. The molecule has 0 radical (unpaired) electrons. The molecular formula is C24H25N5OS. The van der Waals surface area contributed by atoms with E-state index in [0.717, 1.165) is 65.0 Å². The van der Waals surface area contributed by atoms with Gasteiger partial charge in [-0.05, 0) is 57.7 Å². The van der Waals surface area contributed by atoms with Gasteiger partial charge in [0.25, 0.3) is 5.91 Å². The van der Waals surface area contributed by atoms with E-state index in [1.165, 1.54) is 4.70 Å². The van der Waals surface area contributed by atoms with Crippen LogP contribution in [-0.4, -0.2) is 37.1 Å². The molecule has 1 saturated carbocycles. The fourth-order valence-corrected chi connectivity index (χ4v) is 5.75. The van der Waals surface area contributed by atoms with Crippen molar-refractivity contribution in [3.63, 3.8) is 0 Å². The van der Waals surface area contributed by atoms with Gasteiger partial charge in [0.2, 0.25) is 0 Å². The molecule has 158 valence electrons. The van der Waals surface area contributed by atoms with Crippen LogP contribution in [0.4, 0.5) is 0 Å². The summed E-state index contributed by atoms with van der Waals surface area (Å²) in [5, 5.41) is 6.46. The van der Waals surface area contributed by atoms with Crippen LogP contribution in [0.5, 0.6) is 0 Å². The molecule has 1 atom stereocenters. The van der Waals surface area contributed by atoms with Crippen LogP contribution in [-0.2, 0) is 0 Å². The SMILES string of the molecule is CC(C)n1ncc2c(C(=O)N3CCCC3c3nc4ccccc4s3)cc(C3CC3)nc21. The van der Waals surface area contributed by atoms with Crippen molar-refractivity contribution in [1.29, 1.82) is 0 Å². The quantitative estimate of drug-likeness (QED) is 0.429. The van der Waals surface area contributed by atoms with Crippen LogP contribution < -0.4 is 0 Å². The van der Waals surface area contributed by atoms with Crippen LogP contribution in [0.1, 0.15) is 78.6 Å². The summed E-state index contributed by atoms with van der Waals surface area (Å²) in [7, 11) is 0. The molecule has 1 amide bonds. The summed E-state index contributed by atoms with van der Waals surface area (Å²) in [6.07, 6.45) is 6.08. The van der Waals surface area contributed by atoms with Crippen LogP contribution in [0.2, 0.25) is 0 Å². The fraction of sp³-hybridized carbons (Fsp3) is 0.417. The molecule has 31 heavy (non-hydrogen) atoms. The molecule has 4 heterocycles. The normalized spacial score (nSPS) is 19.2. The molecule has 1 aliphatic carbocycles. The molecule has 1 unspecified atom stereocenters. The van der Waals surface area contributed by atoms with E-state index >= 15 is 0 Å². The van der Waals surface area contributed by atoms with Crippen molar-refractivity contribution in [2.24, 2.45) is 0 Å². The van der Waals surface area contributed by atoms with Gasteiger partial charge in [-0.3, -0.25) is 4.79 Å². The van der Waals surface area contributed by atoms with E-state index in [4.69, 9.17) is 9.97 Å². The van der Waals surface area contributed by atoms with Crippen molar-refractivity contribution >= 4 is 38.5 Å². The number of rotatable bonds is 4. The molecule has 6 rings (SSSR count). The Bertz CT molecular complexity index is 1270. The van der Waals surface area contributed by atoms with E-state index in [0.29, 0.717) is 5.92 Å². The highest BCUT2D eigenvalue weighted by Gasteiger charge is 2.35. The summed E-state index contributed by atoms with van der Waals surface area (Å²) in [5.74, 6) is 0.560. The molecular weight excluding hydrogens is 406 g/mol. The Morgan fingerprint density at radius 1 is 1.16 bits per heavy atom. The number of nitrogens with zero attached hydrogens (tertiary/aromatic N) is 5. The molecule has 4 aromatic rings. The number of hydrogen-bond donors (Lipinski definition) is 0. The molecule has 3 aromatic heterocycles. The minimum Gasteiger partial charge on any atom is -0.329 e. The lowest BCUT2D eigenvalue weighted by atomic mass is 10.1. The zero-order valence-corrected chi connectivity index (χ0v) is 18.6. The van der Waals surface area contributed by atoms with Crippen molar-refractivity contribution in [3.8, 4) is 0 Å². The maximum absolute atomic E-state index is 13.9. The first-order valence-corrected chi connectivity index (χ1v) is 12.0. The molecule has 6 nitrogen and oxygen atoms in total. The van der Waals surface area contributed by atoms with E-state index in [1.54, 1.807) is 11.3 Å². The van der Waals surface area contributed by atoms with Gasteiger partial charge >= 0.3 is 0 Å². The maximum atomic E-state index is 13.9. The van der Waals surface area contributed by atoms with Gasteiger partial charge in [0.15, 0.2) is 5.65 Å². The molecule has 2 fully saturated rings. The highest BCUT2D eigenvalue weighted by atomic mass is 32.1. The number of amides is 1. The van der Waals surface area contributed by atoms with Crippen LogP contribution in [0.15, 0.2) is 36.5 Å². The zero-order chi connectivity index (χ0) is 21.1. The topological polar surface area (TPSA) is 63.9 Å². The second-order valence-corrected chi connectivity index (χ2v) is 10.0. The first-order valence-electron chi connectivity index (χ1n) is 11.1. The largest absolute Gasteiger partial charge is 0.329 e. The van der Waals surface area contributed by atoms with Crippen LogP contribution in [0, 0.1) is 0 Å². The van der Waals surface area contributed by atoms with Crippen molar-refractivity contribution in [3.05, 3.63) is 52.8 Å². The first kappa shape index (κ1) is 18.9. The van der Waals surface area contributed by atoms with Gasteiger partial charge in [0, 0.05) is 24.2 Å². The van der Waals surface area contributed by atoms with Crippen molar-refractivity contribution in [2.75, 3.05) is 6.54 Å². The standard InChI is InChI=1S/C24H25N5OS/c1-14(2)29-22-17(13-25-29)16(12-19(26-22)15-9-10-15)24(30)28-11-5-7-20(28)23-27-18-6-3-4-8-21(18)31-23/h3-4,6,8,12-15,20H,5,7,9-11H2,1-2H3. The average molecular weight is 432 g/mol. The van der Waals surface area contributed by atoms with Crippen LogP contribution in [0.25, 0.3) is 21.3 Å². The number of aromatic nitrogens is 4. The van der Waals surface area contributed by atoms with Gasteiger partial charge in [-0.25, -0.2) is 14.6 Å². The lowest BCUT2D eigenvalue weighted by molar-refractivity contribution is 0.0737. The van der Waals surface area contributed by atoms with Crippen molar-refractivity contribution in [2.45, 2.75) is 57.5 Å². The summed E-state index contributed by atoms with van der Waals surface area (Å²) in [4.78, 5) is 25.7. The monoisotopic (exact) mass is 431 g/mol. The minimum atomic E-state index is 0.0395. The number of benzene rings is 1. The second kappa shape index (κ2) is 7.12. The molecule has 1 saturated heterocycles. The van der Waals surface area contributed by atoms with Crippen molar-refractivity contribution in [1.82, 2.24) is 24.6 Å². The number of likely N-dealkylation sites (tertiary alicyclic amines) is 1. The summed E-state index contributed by atoms with van der Waals surface area (Å²) in [6.45, 7) is 4.96. The van der Waals surface area contributed by atoms with Gasteiger partial charge in [-0.2, -0.15) is 5.10 Å². The second-order valence-electron chi connectivity index (χ2n) is 8.97. The average Bonchev–Trinajstić information content (AvgIpc) is 3.17. The number of carbonyl (C=O) groups excluding carboxylic acids is 1. The van der Waals surface area contributed by atoms with E-state index < -0.39 is 0 Å². The molecule has 2 aliphatic rings. The Morgan fingerprint density at radius 3 is 2.77 bits per heavy atom. The molecule has 7 heteroatoms. The number of pyridine rings is 1. The van der Waals surface area contributed by atoms with Gasteiger partial charge in [-0.15, -0.1) is 11.3 Å². The summed E-state index contributed by atoms with van der Waals surface area (Å²) in [5.41, 5.74) is 3.63. The van der Waals surface area contributed by atoms with E-state index in [1.807, 2.05) is 40.0 Å². The number of carbonyl (C=O) groups is 1. The summed E-state index contributed by atoms with van der Waals surface area (Å²) >= 11 is 1.71. The summed E-state index contributed by atoms with van der Waals surface area (Å²) < 4.78 is 3.12. The molecule has 1 aromatic carbocycles. The predicted octanol–water partition coefficient (Wildman–Crippen LogP) is 5.48. The van der Waals surface area contributed by atoms with Gasteiger partial charge < -0.3 is 4.90 Å². The Balaban J connectivity index is 1.42. The number of hydrogen-bond acceptors (Lipinski definition) is 5. The molecule has 0 N–H and O–H groups in total. The minimum absolute atomic E-state index is 0.0395. The Morgan fingerprint density at radius 2 is 2.00 bits per heavy atom. The third kappa shape index (κ3) is 3.14. The third-order valence-corrected chi connectivity index (χ3v) is 7.55. The number of thiazole rings is 1. The van der Waals surface area contributed by atoms with Gasteiger partial charge in [0.05, 0.1) is 33.4 Å². The van der Waals surface area contributed by atoms with Crippen LogP contribution >= 0.6 is 11.3 Å². The summed E-state index contributed by atoms with van der Waals surface area (Å²) in [6, 6.07) is 10.5. The van der Waals surface area contributed by atoms with Gasteiger partial charge in [0.1, 0.15) is 5.01 Å². The van der Waals surface area contributed by atoms with Crippen LogP contribution in [0.3, 0.4) is 0 Å². The predicted molar refractivity (Wildman–Crippen MR) is 123 cm³/mol. The highest BCUT2D eigenvalue weighted by Crippen LogP contribution is 2.42. The van der Waals surface area contributed by atoms with E-state index in [2.05, 4.69) is 25.0 Å². The van der Waals surface area contributed by atoms with Crippen molar-refractivity contribution < 1.29 is 4.79 Å². The Hall–Kier alpha value is -2.80. The lowest BCUT2D eigenvalue weighted by Crippen LogP contribution is -2.30. The van der Waals surface area contributed by atoms with E-state index in [-0.39, 0.29) is 18.0 Å². The smallest absolute Gasteiger partial charge is 0.255 e. The lowest BCUT2D eigenvalue weighted by Gasteiger charge is -2.23. The Labute approximate surface area is 184 Å². The maximum Gasteiger partial charge on any atom is 0.255 e.